The molecule has 1 aromatic carbocycles. The molecule has 1 aliphatic rings. The monoisotopic (exact) mass is 349 g/mol. The molecule has 2 atom stereocenters. The summed E-state index contributed by atoms with van der Waals surface area (Å²) in [4.78, 5) is 19.1. The van der Waals surface area contributed by atoms with Crippen LogP contribution in [-0.4, -0.2) is 41.0 Å². The van der Waals surface area contributed by atoms with Crippen LogP contribution < -0.4 is 5.32 Å². The minimum atomic E-state index is 0.141. The van der Waals surface area contributed by atoms with E-state index in [1.807, 2.05) is 34.5 Å². The first kappa shape index (κ1) is 16.4. The van der Waals surface area contributed by atoms with Gasteiger partial charge < -0.3 is 10.2 Å². The molecule has 6 heteroatoms. The van der Waals surface area contributed by atoms with Crippen LogP contribution in [0, 0.1) is 0 Å². The fourth-order valence-electron chi connectivity index (χ4n) is 2.81. The van der Waals surface area contributed by atoms with Crippen LogP contribution in [0.3, 0.4) is 0 Å². The van der Waals surface area contributed by atoms with Gasteiger partial charge in [-0.1, -0.05) is 29.8 Å². The lowest BCUT2D eigenvalue weighted by Crippen LogP contribution is -2.57. The Hall–Kier alpha value is -1.43. The number of carbonyl (C=O) groups is 1. The molecule has 2 unspecified atom stereocenters. The average Bonchev–Trinajstić information content (AvgIpc) is 2.98. The summed E-state index contributed by atoms with van der Waals surface area (Å²) in [7, 11) is 0. The molecule has 0 aliphatic carbocycles. The molecule has 23 heavy (non-hydrogen) atoms. The molecule has 2 heterocycles. The topological polar surface area (TPSA) is 45.2 Å². The van der Waals surface area contributed by atoms with E-state index < -0.39 is 0 Å². The van der Waals surface area contributed by atoms with Crippen LogP contribution in [-0.2, 0) is 11.2 Å². The third-order valence-electron chi connectivity index (χ3n) is 4.34. The van der Waals surface area contributed by atoms with E-state index in [4.69, 9.17) is 11.6 Å². The number of nitrogens with one attached hydrogen (secondary N) is 1. The number of halogens is 1. The summed E-state index contributed by atoms with van der Waals surface area (Å²) in [5.74, 6) is 0.141. The SMILES string of the molecule is CC1NCCN(C(=O)Cc2csc(-c3ccccc3Cl)n2)C1C. The molecule has 0 saturated carbocycles. The lowest BCUT2D eigenvalue weighted by atomic mass is 10.1. The molecular formula is C17H20ClN3OS. The van der Waals surface area contributed by atoms with Gasteiger partial charge in [0.1, 0.15) is 5.01 Å². The minimum Gasteiger partial charge on any atom is -0.337 e. The van der Waals surface area contributed by atoms with E-state index in [2.05, 4.69) is 24.1 Å². The van der Waals surface area contributed by atoms with Gasteiger partial charge in [0.2, 0.25) is 5.91 Å². The van der Waals surface area contributed by atoms with Gasteiger partial charge in [-0.3, -0.25) is 4.79 Å². The van der Waals surface area contributed by atoms with Crippen molar-refractivity contribution in [1.29, 1.82) is 0 Å². The van der Waals surface area contributed by atoms with Crippen molar-refractivity contribution in [2.24, 2.45) is 0 Å². The number of hydrogen-bond acceptors (Lipinski definition) is 4. The highest BCUT2D eigenvalue weighted by Gasteiger charge is 2.28. The molecule has 1 N–H and O–H groups in total. The smallest absolute Gasteiger partial charge is 0.228 e. The Balaban J connectivity index is 1.72. The third kappa shape index (κ3) is 3.57. The molecule has 2 aromatic rings. The van der Waals surface area contributed by atoms with Crippen LogP contribution in [0.4, 0.5) is 0 Å². The molecule has 1 saturated heterocycles. The predicted octanol–water partition coefficient (Wildman–Crippen LogP) is 3.21. The Morgan fingerprint density at radius 1 is 1.43 bits per heavy atom. The summed E-state index contributed by atoms with van der Waals surface area (Å²) >= 11 is 7.74. The van der Waals surface area contributed by atoms with E-state index in [-0.39, 0.29) is 11.9 Å². The van der Waals surface area contributed by atoms with Gasteiger partial charge in [-0.2, -0.15) is 0 Å². The van der Waals surface area contributed by atoms with E-state index in [0.717, 1.165) is 29.4 Å². The normalized spacial score (nSPS) is 21.4. The Morgan fingerprint density at radius 3 is 3.00 bits per heavy atom. The number of carbonyl (C=O) groups excluding carboxylic acids is 1. The van der Waals surface area contributed by atoms with Gasteiger partial charge in [-0.05, 0) is 19.9 Å². The van der Waals surface area contributed by atoms with Crippen LogP contribution in [0.15, 0.2) is 29.6 Å². The zero-order valence-electron chi connectivity index (χ0n) is 13.3. The molecule has 3 rings (SSSR count). The van der Waals surface area contributed by atoms with Crippen molar-refractivity contribution in [2.75, 3.05) is 13.1 Å². The molecule has 0 radical (unpaired) electrons. The average molecular weight is 350 g/mol. The minimum absolute atomic E-state index is 0.141. The molecular weight excluding hydrogens is 330 g/mol. The van der Waals surface area contributed by atoms with Crippen molar-refractivity contribution in [1.82, 2.24) is 15.2 Å². The van der Waals surface area contributed by atoms with Gasteiger partial charge in [0.25, 0.3) is 0 Å². The number of aromatic nitrogens is 1. The van der Waals surface area contributed by atoms with Gasteiger partial charge in [-0.15, -0.1) is 11.3 Å². The second-order valence-corrected chi connectivity index (χ2v) is 7.14. The number of rotatable bonds is 3. The molecule has 122 valence electrons. The predicted molar refractivity (Wildman–Crippen MR) is 94.9 cm³/mol. The molecule has 1 aromatic heterocycles. The zero-order valence-corrected chi connectivity index (χ0v) is 14.8. The standard InChI is InChI=1S/C17H20ClN3OS/c1-11-12(2)21(8-7-19-11)16(22)9-13-10-23-17(20-13)14-5-3-4-6-15(14)18/h3-6,10-12,19H,7-9H2,1-2H3. The Kier molecular flexibility index (Phi) is 4.99. The van der Waals surface area contributed by atoms with Crippen molar-refractivity contribution in [3.63, 3.8) is 0 Å². The summed E-state index contributed by atoms with van der Waals surface area (Å²) in [6.07, 6.45) is 0.345. The second-order valence-electron chi connectivity index (χ2n) is 5.87. The maximum absolute atomic E-state index is 12.6. The molecule has 1 amide bonds. The first-order valence-corrected chi connectivity index (χ1v) is 9.04. The molecule has 1 fully saturated rings. The maximum Gasteiger partial charge on any atom is 0.228 e. The Morgan fingerprint density at radius 2 is 2.22 bits per heavy atom. The number of thiazole rings is 1. The van der Waals surface area contributed by atoms with Gasteiger partial charge in [0.15, 0.2) is 0 Å². The van der Waals surface area contributed by atoms with Crippen LogP contribution in [0.5, 0.6) is 0 Å². The fourth-order valence-corrected chi connectivity index (χ4v) is 3.95. The Bertz CT molecular complexity index is 703. The highest BCUT2D eigenvalue weighted by Crippen LogP contribution is 2.30. The first-order valence-electron chi connectivity index (χ1n) is 7.78. The summed E-state index contributed by atoms with van der Waals surface area (Å²) in [6.45, 7) is 5.80. The van der Waals surface area contributed by atoms with Crippen molar-refractivity contribution in [3.8, 4) is 10.6 Å². The summed E-state index contributed by atoms with van der Waals surface area (Å²) in [5, 5.41) is 6.89. The maximum atomic E-state index is 12.6. The highest BCUT2D eigenvalue weighted by atomic mass is 35.5. The third-order valence-corrected chi connectivity index (χ3v) is 5.60. The summed E-state index contributed by atoms with van der Waals surface area (Å²) < 4.78 is 0. The molecule has 4 nitrogen and oxygen atoms in total. The highest BCUT2D eigenvalue weighted by molar-refractivity contribution is 7.13. The van der Waals surface area contributed by atoms with Crippen molar-refractivity contribution in [3.05, 3.63) is 40.4 Å². The molecule has 0 bridgehead atoms. The van der Waals surface area contributed by atoms with E-state index in [1.54, 1.807) is 0 Å². The van der Waals surface area contributed by atoms with Crippen LogP contribution in [0.1, 0.15) is 19.5 Å². The van der Waals surface area contributed by atoms with Crippen LogP contribution in [0.2, 0.25) is 5.02 Å². The number of nitrogens with zero attached hydrogens (tertiary/aromatic N) is 2. The van der Waals surface area contributed by atoms with Crippen LogP contribution >= 0.6 is 22.9 Å². The van der Waals surface area contributed by atoms with E-state index in [0.29, 0.717) is 17.5 Å². The molecule has 1 aliphatic heterocycles. The van der Waals surface area contributed by atoms with Gasteiger partial charge in [-0.25, -0.2) is 4.98 Å². The second kappa shape index (κ2) is 6.99. The Labute approximate surface area is 145 Å². The lowest BCUT2D eigenvalue weighted by molar-refractivity contribution is -0.134. The number of hydrogen-bond donors (Lipinski definition) is 1. The van der Waals surface area contributed by atoms with Crippen molar-refractivity contribution >= 4 is 28.8 Å². The lowest BCUT2D eigenvalue weighted by Gasteiger charge is -2.38. The largest absolute Gasteiger partial charge is 0.337 e. The number of benzene rings is 1. The van der Waals surface area contributed by atoms with Gasteiger partial charge in [0, 0.05) is 36.1 Å². The van der Waals surface area contributed by atoms with Gasteiger partial charge >= 0.3 is 0 Å². The molecule has 0 spiro atoms. The van der Waals surface area contributed by atoms with Gasteiger partial charge in [0.05, 0.1) is 17.1 Å². The van der Waals surface area contributed by atoms with E-state index in [9.17, 15) is 4.79 Å². The summed E-state index contributed by atoms with van der Waals surface area (Å²) in [6, 6.07) is 8.17. The van der Waals surface area contributed by atoms with E-state index >= 15 is 0 Å². The zero-order chi connectivity index (χ0) is 16.4. The summed E-state index contributed by atoms with van der Waals surface area (Å²) in [5.41, 5.74) is 1.73. The van der Waals surface area contributed by atoms with Crippen LogP contribution in [0.25, 0.3) is 10.6 Å². The quantitative estimate of drug-likeness (QED) is 0.925. The fraction of sp³-hybridized carbons (Fsp3) is 0.412. The first-order chi connectivity index (χ1) is 11.1. The number of piperazine rings is 1. The van der Waals surface area contributed by atoms with Crippen molar-refractivity contribution < 1.29 is 4.79 Å². The van der Waals surface area contributed by atoms with Crippen molar-refractivity contribution in [2.45, 2.75) is 32.4 Å². The number of amides is 1. The van der Waals surface area contributed by atoms with E-state index in [1.165, 1.54) is 11.3 Å².